The number of primary amides is 1. The second-order valence-electron chi connectivity index (χ2n) is 7.46. The molecule has 3 N–H and O–H groups in total. The number of fused-ring (bicyclic) bond motifs is 1. The highest BCUT2D eigenvalue weighted by molar-refractivity contribution is 7.21. The van der Waals surface area contributed by atoms with Crippen molar-refractivity contribution >= 4 is 50.7 Å². The number of amides is 2. The zero-order valence-electron chi connectivity index (χ0n) is 17.8. The molecule has 0 aliphatic rings. The summed E-state index contributed by atoms with van der Waals surface area (Å²) in [5.41, 5.74) is 5.55. The lowest BCUT2D eigenvalue weighted by atomic mass is 10.0. The molecule has 12 heteroatoms. The van der Waals surface area contributed by atoms with Gasteiger partial charge < -0.3 is 11.1 Å². The molecule has 4 aromatic rings. The van der Waals surface area contributed by atoms with Crippen LogP contribution < -0.4 is 11.1 Å². The Morgan fingerprint density at radius 2 is 1.91 bits per heavy atom. The third kappa shape index (κ3) is 4.24. The number of thiophene rings is 1. The third-order valence-electron chi connectivity index (χ3n) is 5.24. The Balaban J connectivity index is 1.92. The minimum absolute atomic E-state index is 0.000309. The normalized spacial score (nSPS) is 12.6. The molecule has 0 aliphatic heterocycles. The van der Waals surface area contributed by atoms with Crippen LogP contribution in [0.4, 0.5) is 18.9 Å². The molecule has 176 valence electrons. The van der Waals surface area contributed by atoms with E-state index in [1.54, 1.807) is 44.2 Å². The van der Waals surface area contributed by atoms with Gasteiger partial charge in [-0.15, -0.1) is 11.3 Å². The van der Waals surface area contributed by atoms with Gasteiger partial charge in [0.1, 0.15) is 21.4 Å². The fourth-order valence-corrected chi connectivity index (χ4v) is 4.65. The molecule has 3 heterocycles. The zero-order valence-corrected chi connectivity index (χ0v) is 19.3. The van der Waals surface area contributed by atoms with Crippen molar-refractivity contribution in [3.63, 3.8) is 0 Å². The van der Waals surface area contributed by atoms with E-state index in [4.69, 9.17) is 17.3 Å². The average molecular weight is 508 g/mol. The molecule has 0 saturated heterocycles. The number of aromatic nitrogens is 3. The fourth-order valence-electron chi connectivity index (χ4n) is 3.51. The van der Waals surface area contributed by atoms with Gasteiger partial charge in [0.25, 0.3) is 5.91 Å². The van der Waals surface area contributed by atoms with Crippen molar-refractivity contribution in [1.82, 2.24) is 14.8 Å². The van der Waals surface area contributed by atoms with E-state index in [0.717, 1.165) is 6.07 Å². The van der Waals surface area contributed by atoms with Crippen LogP contribution in [0.1, 0.15) is 34.0 Å². The topological polar surface area (TPSA) is 103 Å². The molecular formula is C22H17ClF3N5O2S. The van der Waals surface area contributed by atoms with Gasteiger partial charge in [0.2, 0.25) is 5.91 Å². The van der Waals surface area contributed by atoms with E-state index in [2.05, 4.69) is 15.4 Å². The minimum Gasteiger partial charge on any atom is -0.365 e. The summed E-state index contributed by atoms with van der Waals surface area (Å²) in [6.07, 6.45) is -3.32. The van der Waals surface area contributed by atoms with Crippen LogP contribution in [-0.4, -0.2) is 26.6 Å². The predicted molar refractivity (Wildman–Crippen MR) is 124 cm³/mol. The van der Waals surface area contributed by atoms with Crippen molar-refractivity contribution in [3.8, 4) is 11.1 Å². The Morgan fingerprint density at radius 1 is 1.24 bits per heavy atom. The Kier molecular flexibility index (Phi) is 6.09. The first-order valence-electron chi connectivity index (χ1n) is 9.89. The number of carbonyl (C=O) groups is 2. The van der Waals surface area contributed by atoms with Crippen LogP contribution in [0.15, 0.2) is 42.6 Å². The molecule has 0 spiro atoms. The third-order valence-corrected chi connectivity index (χ3v) is 6.71. The largest absolute Gasteiger partial charge is 0.433 e. The van der Waals surface area contributed by atoms with Crippen molar-refractivity contribution in [1.29, 1.82) is 0 Å². The molecule has 2 amide bonds. The van der Waals surface area contributed by atoms with Crippen LogP contribution >= 0.6 is 22.9 Å². The van der Waals surface area contributed by atoms with Crippen LogP contribution in [0.2, 0.25) is 5.02 Å². The van der Waals surface area contributed by atoms with E-state index in [1.165, 1.54) is 10.9 Å². The van der Waals surface area contributed by atoms with E-state index >= 15 is 0 Å². The zero-order chi connectivity index (χ0) is 24.8. The lowest BCUT2D eigenvalue weighted by Crippen LogP contribution is -2.26. The van der Waals surface area contributed by atoms with Gasteiger partial charge in [-0.25, -0.2) is 4.98 Å². The van der Waals surface area contributed by atoms with Crippen LogP contribution in [0.25, 0.3) is 21.3 Å². The lowest BCUT2D eigenvalue weighted by molar-refractivity contribution is -0.140. The van der Waals surface area contributed by atoms with Crippen molar-refractivity contribution in [2.75, 3.05) is 5.32 Å². The van der Waals surface area contributed by atoms with Crippen LogP contribution in [0.5, 0.6) is 0 Å². The van der Waals surface area contributed by atoms with Gasteiger partial charge in [-0.1, -0.05) is 41.9 Å². The predicted octanol–water partition coefficient (Wildman–Crippen LogP) is 5.44. The van der Waals surface area contributed by atoms with Crippen molar-refractivity contribution in [2.45, 2.75) is 26.1 Å². The number of anilines is 1. The van der Waals surface area contributed by atoms with E-state index in [0.29, 0.717) is 27.6 Å². The number of rotatable bonds is 5. The Morgan fingerprint density at radius 3 is 2.47 bits per heavy atom. The van der Waals surface area contributed by atoms with E-state index < -0.39 is 29.7 Å². The van der Waals surface area contributed by atoms with Gasteiger partial charge >= 0.3 is 6.18 Å². The highest BCUT2D eigenvalue weighted by Crippen LogP contribution is 2.43. The maximum absolute atomic E-state index is 13.6. The molecular weight excluding hydrogens is 491 g/mol. The maximum atomic E-state index is 13.6. The van der Waals surface area contributed by atoms with Crippen molar-refractivity contribution in [2.24, 2.45) is 5.73 Å². The minimum atomic E-state index is -4.72. The number of alkyl halides is 3. The molecule has 1 atom stereocenters. The smallest absolute Gasteiger partial charge is 0.365 e. The number of pyridine rings is 1. The molecule has 34 heavy (non-hydrogen) atoms. The average Bonchev–Trinajstić information content (AvgIpc) is 3.32. The van der Waals surface area contributed by atoms with Gasteiger partial charge in [-0.3, -0.25) is 14.3 Å². The molecule has 1 aromatic carbocycles. The van der Waals surface area contributed by atoms with E-state index in [1.807, 2.05) is 0 Å². The lowest BCUT2D eigenvalue weighted by Gasteiger charge is -2.16. The van der Waals surface area contributed by atoms with Gasteiger partial charge in [0.05, 0.1) is 22.6 Å². The highest BCUT2D eigenvalue weighted by Gasteiger charge is 2.35. The number of hydrogen-bond acceptors (Lipinski definition) is 5. The van der Waals surface area contributed by atoms with Gasteiger partial charge in [0.15, 0.2) is 0 Å². The molecule has 0 aliphatic carbocycles. The van der Waals surface area contributed by atoms with Gasteiger partial charge in [0, 0.05) is 5.39 Å². The van der Waals surface area contributed by atoms with Crippen LogP contribution in [0.3, 0.4) is 0 Å². The summed E-state index contributed by atoms with van der Waals surface area (Å²) < 4.78 is 42.1. The number of benzene rings is 1. The Hall–Kier alpha value is -3.44. The first kappa shape index (κ1) is 23.7. The monoisotopic (exact) mass is 507 g/mol. The summed E-state index contributed by atoms with van der Waals surface area (Å²) >= 11 is 6.72. The number of carbonyl (C=O) groups excluding carboxylic acids is 2. The first-order chi connectivity index (χ1) is 16.0. The summed E-state index contributed by atoms with van der Waals surface area (Å²) in [7, 11) is 0. The molecule has 3 aromatic heterocycles. The van der Waals surface area contributed by atoms with Crippen LogP contribution in [0, 0.1) is 6.92 Å². The molecule has 7 nitrogen and oxygen atoms in total. The summed E-state index contributed by atoms with van der Waals surface area (Å²) in [5, 5.41) is 7.31. The molecule has 0 saturated carbocycles. The van der Waals surface area contributed by atoms with Gasteiger partial charge in [-0.2, -0.15) is 18.3 Å². The second-order valence-corrected chi connectivity index (χ2v) is 8.86. The Bertz CT molecular complexity index is 1420. The molecule has 0 bridgehead atoms. The fraction of sp³-hybridized carbons (Fsp3) is 0.182. The maximum Gasteiger partial charge on any atom is 0.433 e. The number of nitrogens with two attached hydrogens (primary N) is 1. The highest BCUT2D eigenvalue weighted by atomic mass is 35.5. The summed E-state index contributed by atoms with van der Waals surface area (Å²) in [6.45, 7) is 3.26. The molecule has 1 unspecified atom stereocenters. The standard InChI is InChI=1S/C22H17ClF3N5O2S/c1-10-14(23)9-28-31(10)11(2)20(33)30-17-16-13(12-6-4-3-5-7-12)8-15(22(24,25)26)29-21(16)34-18(17)19(27)32/h3-9,11H,1-2H3,(H2,27,32)(H,30,33). The molecule has 4 rings (SSSR count). The van der Waals surface area contributed by atoms with Crippen molar-refractivity contribution < 1.29 is 22.8 Å². The number of nitrogens with one attached hydrogen (secondary N) is 1. The number of hydrogen-bond donors (Lipinski definition) is 2. The number of halogens is 4. The van der Waals surface area contributed by atoms with Crippen LogP contribution in [-0.2, 0) is 11.0 Å². The summed E-state index contributed by atoms with van der Waals surface area (Å²) in [5.74, 6) is -1.47. The van der Waals surface area contributed by atoms with E-state index in [9.17, 15) is 22.8 Å². The van der Waals surface area contributed by atoms with E-state index in [-0.39, 0.29) is 26.3 Å². The summed E-state index contributed by atoms with van der Waals surface area (Å²) in [4.78, 5) is 28.8. The SMILES string of the molecule is Cc1c(Cl)cnn1C(C)C(=O)Nc1c(C(N)=O)sc2nc(C(F)(F)F)cc(-c3ccccc3)c12. The summed E-state index contributed by atoms with van der Waals surface area (Å²) in [6, 6.07) is 8.36. The first-order valence-corrected chi connectivity index (χ1v) is 11.1. The Labute approximate surface area is 200 Å². The quantitative estimate of drug-likeness (QED) is 0.375. The molecule has 0 radical (unpaired) electrons. The second kappa shape index (κ2) is 8.73. The van der Waals surface area contributed by atoms with Gasteiger partial charge in [-0.05, 0) is 31.0 Å². The number of nitrogens with zero attached hydrogens (tertiary/aromatic N) is 3. The molecule has 0 fully saturated rings. The van der Waals surface area contributed by atoms with Crippen molar-refractivity contribution in [3.05, 3.63) is 63.9 Å².